The standard InChI is InChI=1S/C19H20F2N2O4/c1-19(2,18(25)23-16-12(20)6-5-7-13(16)21)17(24)22-11-8-9-14(26-3)15(10-11)27-4/h5-10H,1-4H3,(H,22,24)(H,23,25). The second kappa shape index (κ2) is 8.03. The first-order valence-electron chi connectivity index (χ1n) is 7.99. The summed E-state index contributed by atoms with van der Waals surface area (Å²) in [5.74, 6) is -2.51. The number of hydrogen-bond acceptors (Lipinski definition) is 4. The molecule has 2 N–H and O–H groups in total. The Kier molecular flexibility index (Phi) is 5.99. The van der Waals surface area contributed by atoms with Gasteiger partial charge in [-0.1, -0.05) is 6.07 Å². The van der Waals surface area contributed by atoms with Gasteiger partial charge in [-0.05, 0) is 38.1 Å². The number of ether oxygens (including phenoxy) is 2. The number of carbonyl (C=O) groups excluding carboxylic acids is 2. The van der Waals surface area contributed by atoms with E-state index in [-0.39, 0.29) is 0 Å². The third kappa shape index (κ3) is 4.33. The Morgan fingerprint density at radius 1 is 0.889 bits per heavy atom. The number of rotatable bonds is 6. The molecule has 0 atom stereocenters. The number of methoxy groups -OCH3 is 2. The number of benzene rings is 2. The monoisotopic (exact) mass is 378 g/mol. The lowest BCUT2D eigenvalue weighted by Crippen LogP contribution is -2.41. The van der Waals surface area contributed by atoms with Gasteiger partial charge in [0.25, 0.3) is 0 Å². The van der Waals surface area contributed by atoms with Crippen molar-refractivity contribution in [1.82, 2.24) is 0 Å². The molecule has 6 nitrogen and oxygen atoms in total. The second-order valence-electron chi connectivity index (χ2n) is 6.20. The van der Waals surface area contributed by atoms with Gasteiger partial charge in [-0.15, -0.1) is 0 Å². The van der Waals surface area contributed by atoms with E-state index in [1.807, 2.05) is 0 Å². The van der Waals surface area contributed by atoms with Crippen LogP contribution in [0.5, 0.6) is 11.5 Å². The lowest BCUT2D eigenvalue weighted by Gasteiger charge is -2.23. The van der Waals surface area contributed by atoms with Crippen molar-refractivity contribution < 1.29 is 27.8 Å². The molecular weight excluding hydrogens is 358 g/mol. The summed E-state index contributed by atoms with van der Waals surface area (Å²) in [6, 6.07) is 7.89. The average molecular weight is 378 g/mol. The molecule has 0 heterocycles. The van der Waals surface area contributed by atoms with Gasteiger partial charge in [0, 0.05) is 11.8 Å². The first-order chi connectivity index (χ1) is 12.7. The maximum absolute atomic E-state index is 13.7. The van der Waals surface area contributed by atoms with Crippen molar-refractivity contribution in [3.8, 4) is 11.5 Å². The van der Waals surface area contributed by atoms with Crippen LogP contribution in [0, 0.1) is 17.0 Å². The predicted octanol–water partition coefficient (Wildman–Crippen LogP) is 3.59. The highest BCUT2D eigenvalue weighted by molar-refractivity contribution is 6.14. The van der Waals surface area contributed by atoms with Crippen LogP contribution in [-0.4, -0.2) is 26.0 Å². The summed E-state index contributed by atoms with van der Waals surface area (Å²) < 4.78 is 37.7. The van der Waals surface area contributed by atoms with E-state index < -0.39 is 34.6 Å². The van der Waals surface area contributed by atoms with Crippen molar-refractivity contribution in [2.75, 3.05) is 24.9 Å². The summed E-state index contributed by atoms with van der Waals surface area (Å²) in [4.78, 5) is 25.0. The zero-order valence-corrected chi connectivity index (χ0v) is 15.4. The minimum atomic E-state index is -1.61. The Hall–Kier alpha value is -3.16. The SMILES string of the molecule is COc1ccc(NC(=O)C(C)(C)C(=O)Nc2c(F)cccc2F)cc1OC. The molecule has 0 bridgehead atoms. The summed E-state index contributed by atoms with van der Waals surface area (Å²) in [7, 11) is 2.93. The molecule has 2 aromatic carbocycles. The number of carbonyl (C=O) groups is 2. The minimum absolute atomic E-state index is 0.371. The minimum Gasteiger partial charge on any atom is -0.493 e. The van der Waals surface area contributed by atoms with Gasteiger partial charge in [0.2, 0.25) is 11.8 Å². The average Bonchev–Trinajstić information content (AvgIpc) is 2.64. The van der Waals surface area contributed by atoms with E-state index in [0.717, 1.165) is 12.1 Å². The van der Waals surface area contributed by atoms with E-state index in [4.69, 9.17) is 9.47 Å². The van der Waals surface area contributed by atoms with E-state index in [1.165, 1.54) is 40.2 Å². The first-order valence-corrected chi connectivity index (χ1v) is 7.99. The number of amides is 2. The van der Waals surface area contributed by atoms with E-state index in [1.54, 1.807) is 12.1 Å². The molecule has 0 saturated heterocycles. The normalized spacial score (nSPS) is 10.9. The summed E-state index contributed by atoms with van der Waals surface area (Å²) in [6.45, 7) is 2.69. The molecule has 8 heteroatoms. The quantitative estimate of drug-likeness (QED) is 0.754. The number of nitrogens with one attached hydrogen (secondary N) is 2. The Morgan fingerprint density at radius 2 is 1.44 bits per heavy atom. The lowest BCUT2D eigenvalue weighted by molar-refractivity contribution is -0.135. The van der Waals surface area contributed by atoms with Gasteiger partial charge in [-0.2, -0.15) is 0 Å². The highest BCUT2D eigenvalue weighted by atomic mass is 19.1. The number of hydrogen-bond donors (Lipinski definition) is 2. The highest BCUT2D eigenvalue weighted by Gasteiger charge is 2.37. The summed E-state index contributed by atoms with van der Waals surface area (Å²) in [6.07, 6.45) is 0. The number of para-hydroxylation sites is 1. The molecule has 27 heavy (non-hydrogen) atoms. The third-order valence-electron chi connectivity index (χ3n) is 3.98. The van der Waals surface area contributed by atoms with Crippen molar-refractivity contribution in [2.24, 2.45) is 5.41 Å². The van der Waals surface area contributed by atoms with Crippen molar-refractivity contribution in [3.63, 3.8) is 0 Å². The van der Waals surface area contributed by atoms with Gasteiger partial charge < -0.3 is 20.1 Å². The Balaban J connectivity index is 2.18. The number of halogens is 2. The van der Waals surface area contributed by atoms with Gasteiger partial charge in [-0.3, -0.25) is 9.59 Å². The van der Waals surface area contributed by atoms with Crippen LogP contribution in [0.25, 0.3) is 0 Å². The molecule has 144 valence electrons. The van der Waals surface area contributed by atoms with Gasteiger partial charge in [0.15, 0.2) is 11.5 Å². The fourth-order valence-electron chi connectivity index (χ4n) is 2.19. The van der Waals surface area contributed by atoms with Crippen LogP contribution in [-0.2, 0) is 9.59 Å². The van der Waals surface area contributed by atoms with Crippen LogP contribution in [0.3, 0.4) is 0 Å². The molecule has 2 rings (SSSR count). The van der Waals surface area contributed by atoms with Crippen LogP contribution in [0.4, 0.5) is 20.2 Å². The Labute approximate surface area is 155 Å². The van der Waals surface area contributed by atoms with Crippen LogP contribution in [0.15, 0.2) is 36.4 Å². The van der Waals surface area contributed by atoms with Crippen molar-refractivity contribution in [3.05, 3.63) is 48.0 Å². The largest absolute Gasteiger partial charge is 0.493 e. The zero-order valence-electron chi connectivity index (χ0n) is 15.4. The van der Waals surface area contributed by atoms with Gasteiger partial charge >= 0.3 is 0 Å². The summed E-state index contributed by atoms with van der Waals surface area (Å²) in [5, 5.41) is 4.71. The molecular formula is C19H20F2N2O4. The molecule has 0 spiro atoms. The number of anilines is 2. The van der Waals surface area contributed by atoms with E-state index >= 15 is 0 Å². The third-order valence-corrected chi connectivity index (χ3v) is 3.98. The highest BCUT2D eigenvalue weighted by Crippen LogP contribution is 2.31. The zero-order chi connectivity index (χ0) is 20.2. The van der Waals surface area contributed by atoms with Crippen LogP contribution in [0.1, 0.15) is 13.8 Å². The molecule has 0 radical (unpaired) electrons. The van der Waals surface area contributed by atoms with E-state index in [0.29, 0.717) is 17.2 Å². The molecule has 0 aromatic heterocycles. The fraction of sp³-hybridized carbons (Fsp3) is 0.263. The molecule has 0 aliphatic carbocycles. The summed E-state index contributed by atoms with van der Waals surface area (Å²) in [5.41, 5.74) is -1.84. The Morgan fingerprint density at radius 3 is 2.00 bits per heavy atom. The molecule has 2 amide bonds. The van der Waals surface area contributed by atoms with Crippen molar-refractivity contribution in [1.29, 1.82) is 0 Å². The lowest BCUT2D eigenvalue weighted by atomic mass is 9.90. The fourth-order valence-corrected chi connectivity index (χ4v) is 2.19. The molecule has 0 aliphatic rings. The van der Waals surface area contributed by atoms with E-state index in [9.17, 15) is 18.4 Å². The maximum atomic E-state index is 13.7. The van der Waals surface area contributed by atoms with Crippen molar-refractivity contribution in [2.45, 2.75) is 13.8 Å². The molecule has 0 aliphatic heterocycles. The van der Waals surface area contributed by atoms with Gasteiger partial charge in [-0.25, -0.2) is 8.78 Å². The molecule has 0 saturated carbocycles. The summed E-state index contributed by atoms with van der Waals surface area (Å²) >= 11 is 0. The molecule has 0 fully saturated rings. The smallest absolute Gasteiger partial charge is 0.239 e. The maximum Gasteiger partial charge on any atom is 0.239 e. The van der Waals surface area contributed by atoms with Gasteiger partial charge in [0.05, 0.1) is 14.2 Å². The molecule has 0 unspecified atom stereocenters. The topological polar surface area (TPSA) is 76.7 Å². The van der Waals surface area contributed by atoms with Crippen LogP contribution in [0.2, 0.25) is 0 Å². The first kappa shape index (κ1) is 20.2. The Bertz CT molecular complexity index is 849. The van der Waals surface area contributed by atoms with Gasteiger partial charge in [0.1, 0.15) is 22.7 Å². The predicted molar refractivity (Wildman–Crippen MR) is 96.9 cm³/mol. The van der Waals surface area contributed by atoms with Crippen LogP contribution < -0.4 is 20.1 Å². The van der Waals surface area contributed by atoms with E-state index in [2.05, 4.69) is 10.6 Å². The molecule has 2 aromatic rings. The second-order valence-corrected chi connectivity index (χ2v) is 6.20. The van der Waals surface area contributed by atoms with Crippen LogP contribution >= 0.6 is 0 Å². The van der Waals surface area contributed by atoms with Crippen molar-refractivity contribution >= 4 is 23.2 Å².